The second kappa shape index (κ2) is 8.46. The maximum atomic E-state index is 13.5. The van der Waals surface area contributed by atoms with Gasteiger partial charge in [0.1, 0.15) is 0 Å². The molecule has 3 aromatic rings. The third-order valence-electron chi connectivity index (χ3n) is 6.70. The van der Waals surface area contributed by atoms with Crippen LogP contribution in [0.25, 0.3) is 10.8 Å². The molecule has 0 spiro atoms. The summed E-state index contributed by atoms with van der Waals surface area (Å²) < 4.78 is 0. The van der Waals surface area contributed by atoms with Crippen LogP contribution in [-0.2, 0) is 4.79 Å². The summed E-state index contributed by atoms with van der Waals surface area (Å²) in [5, 5.41) is 2.06. The molecule has 3 heterocycles. The van der Waals surface area contributed by atoms with E-state index in [1.807, 2.05) is 47.4 Å². The Labute approximate surface area is 187 Å². The van der Waals surface area contributed by atoms with E-state index >= 15 is 0 Å². The summed E-state index contributed by atoms with van der Waals surface area (Å²) in [5.41, 5.74) is 0.735. The Morgan fingerprint density at radius 3 is 2.58 bits per heavy atom. The molecule has 160 valence electrons. The van der Waals surface area contributed by atoms with Crippen LogP contribution in [-0.4, -0.2) is 41.2 Å². The fourth-order valence-electron chi connectivity index (χ4n) is 5.14. The molecule has 2 saturated heterocycles. The van der Waals surface area contributed by atoms with Crippen molar-refractivity contribution in [2.45, 2.75) is 38.6 Å². The second-order valence-electron chi connectivity index (χ2n) is 8.76. The van der Waals surface area contributed by atoms with Gasteiger partial charge in [-0.2, -0.15) is 0 Å². The van der Waals surface area contributed by atoms with Crippen molar-refractivity contribution in [2.24, 2.45) is 5.92 Å². The molecule has 0 bridgehead atoms. The van der Waals surface area contributed by atoms with E-state index in [0.717, 1.165) is 55.1 Å². The molecular formula is C26H28N2O2S. The van der Waals surface area contributed by atoms with Gasteiger partial charge in [0.05, 0.1) is 12.0 Å². The van der Waals surface area contributed by atoms with Crippen LogP contribution in [0, 0.1) is 12.8 Å². The summed E-state index contributed by atoms with van der Waals surface area (Å²) >= 11 is 1.80. The first kappa shape index (κ1) is 20.3. The zero-order chi connectivity index (χ0) is 21.4. The highest BCUT2D eigenvalue weighted by atomic mass is 32.1. The van der Waals surface area contributed by atoms with Gasteiger partial charge in [-0.25, -0.2) is 0 Å². The average molecular weight is 433 g/mol. The summed E-state index contributed by atoms with van der Waals surface area (Å²) in [6, 6.07) is 18.4. The third-order valence-corrected chi connectivity index (χ3v) is 7.81. The van der Waals surface area contributed by atoms with Crippen molar-refractivity contribution in [1.82, 2.24) is 9.80 Å². The van der Waals surface area contributed by atoms with Gasteiger partial charge in [-0.3, -0.25) is 9.59 Å². The van der Waals surface area contributed by atoms with Crippen LogP contribution in [0.3, 0.4) is 0 Å². The van der Waals surface area contributed by atoms with E-state index in [-0.39, 0.29) is 23.8 Å². The number of rotatable bonds is 3. The first-order valence-electron chi connectivity index (χ1n) is 11.3. The lowest BCUT2D eigenvalue weighted by atomic mass is 9.94. The van der Waals surface area contributed by atoms with Crippen molar-refractivity contribution in [1.29, 1.82) is 0 Å². The number of carbonyl (C=O) groups excluding carboxylic acids is 2. The molecule has 5 heteroatoms. The maximum Gasteiger partial charge on any atom is 0.254 e. The van der Waals surface area contributed by atoms with Gasteiger partial charge < -0.3 is 9.80 Å². The Morgan fingerprint density at radius 2 is 1.74 bits per heavy atom. The van der Waals surface area contributed by atoms with E-state index in [4.69, 9.17) is 0 Å². The lowest BCUT2D eigenvalue weighted by Gasteiger charge is -2.35. The number of amides is 2. The predicted octanol–water partition coefficient (Wildman–Crippen LogP) is 5.43. The number of benzene rings is 2. The van der Waals surface area contributed by atoms with Crippen LogP contribution in [0.1, 0.15) is 51.8 Å². The van der Waals surface area contributed by atoms with Gasteiger partial charge in [0, 0.05) is 35.0 Å². The number of aryl methyl sites for hydroxylation is 1. The number of thiophene rings is 1. The Balaban J connectivity index is 1.34. The lowest BCUT2D eigenvalue weighted by Crippen LogP contribution is -2.46. The van der Waals surface area contributed by atoms with Crippen molar-refractivity contribution in [3.8, 4) is 0 Å². The quantitative estimate of drug-likeness (QED) is 0.554. The van der Waals surface area contributed by atoms with Crippen LogP contribution < -0.4 is 0 Å². The van der Waals surface area contributed by atoms with Crippen molar-refractivity contribution in [3.63, 3.8) is 0 Å². The number of fused-ring (bicyclic) bond motifs is 1. The van der Waals surface area contributed by atoms with Crippen molar-refractivity contribution >= 4 is 33.9 Å². The zero-order valence-corrected chi connectivity index (χ0v) is 18.7. The molecule has 2 aliphatic rings. The molecule has 0 saturated carbocycles. The molecule has 0 N–H and O–H groups in total. The van der Waals surface area contributed by atoms with Gasteiger partial charge in [0.2, 0.25) is 5.91 Å². The maximum absolute atomic E-state index is 13.5. The monoisotopic (exact) mass is 432 g/mol. The minimum Gasteiger partial charge on any atom is -0.338 e. The molecular weight excluding hydrogens is 404 g/mol. The molecule has 2 fully saturated rings. The highest BCUT2D eigenvalue weighted by molar-refractivity contribution is 7.12. The van der Waals surface area contributed by atoms with Gasteiger partial charge in [-0.15, -0.1) is 11.3 Å². The summed E-state index contributed by atoms with van der Waals surface area (Å²) in [6.07, 6.45) is 3.84. The third kappa shape index (κ3) is 3.87. The molecule has 0 aliphatic carbocycles. The highest BCUT2D eigenvalue weighted by Gasteiger charge is 2.37. The van der Waals surface area contributed by atoms with E-state index in [2.05, 4.69) is 24.0 Å². The topological polar surface area (TPSA) is 40.6 Å². The first-order chi connectivity index (χ1) is 15.1. The molecule has 0 radical (unpaired) electrons. The molecule has 4 nitrogen and oxygen atoms in total. The van der Waals surface area contributed by atoms with Gasteiger partial charge in [-0.1, -0.05) is 36.4 Å². The zero-order valence-electron chi connectivity index (χ0n) is 17.9. The lowest BCUT2D eigenvalue weighted by molar-refractivity contribution is -0.137. The Morgan fingerprint density at radius 1 is 0.935 bits per heavy atom. The molecule has 31 heavy (non-hydrogen) atoms. The van der Waals surface area contributed by atoms with Crippen LogP contribution in [0.4, 0.5) is 0 Å². The van der Waals surface area contributed by atoms with Gasteiger partial charge in [0.15, 0.2) is 0 Å². The predicted molar refractivity (Wildman–Crippen MR) is 125 cm³/mol. The Hall–Kier alpha value is -2.66. The summed E-state index contributed by atoms with van der Waals surface area (Å²) in [7, 11) is 0. The first-order valence-corrected chi connectivity index (χ1v) is 12.1. The molecule has 2 aliphatic heterocycles. The molecule has 2 atom stereocenters. The number of piperidine rings is 1. The van der Waals surface area contributed by atoms with Crippen molar-refractivity contribution < 1.29 is 9.59 Å². The van der Waals surface area contributed by atoms with Gasteiger partial charge >= 0.3 is 0 Å². The second-order valence-corrected chi connectivity index (χ2v) is 10.1. The van der Waals surface area contributed by atoms with E-state index in [9.17, 15) is 9.59 Å². The minimum absolute atomic E-state index is 0.0427. The normalized spacial score (nSPS) is 21.6. The van der Waals surface area contributed by atoms with Crippen molar-refractivity contribution in [3.05, 3.63) is 69.9 Å². The van der Waals surface area contributed by atoms with Gasteiger partial charge in [-0.05, 0) is 61.6 Å². The van der Waals surface area contributed by atoms with Crippen LogP contribution >= 0.6 is 11.3 Å². The van der Waals surface area contributed by atoms with E-state index in [1.54, 1.807) is 11.3 Å². The molecule has 5 rings (SSSR count). The molecule has 2 aromatic carbocycles. The number of likely N-dealkylation sites (tertiary alicyclic amines) is 2. The van der Waals surface area contributed by atoms with Crippen molar-refractivity contribution in [2.75, 3.05) is 19.6 Å². The fourth-order valence-corrected chi connectivity index (χ4v) is 6.16. The summed E-state index contributed by atoms with van der Waals surface area (Å²) in [5.74, 6) is 0.166. The molecule has 1 aromatic heterocycles. The van der Waals surface area contributed by atoms with Crippen LogP contribution in [0.15, 0.2) is 54.6 Å². The van der Waals surface area contributed by atoms with E-state index in [0.29, 0.717) is 6.54 Å². The smallest absolute Gasteiger partial charge is 0.254 e. The average Bonchev–Trinajstić information content (AvgIpc) is 3.46. The van der Waals surface area contributed by atoms with Gasteiger partial charge in [0.25, 0.3) is 5.91 Å². The number of hydrogen-bond donors (Lipinski definition) is 0. The largest absolute Gasteiger partial charge is 0.338 e. The van der Waals surface area contributed by atoms with E-state index < -0.39 is 0 Å². The molecule has 2 amide bonds. The number of carbonyl (C=O) groups is 2. The number of hydrogen-bond acceptors (Lipinski definition) is 3. The summed E-state index contributed by atoms with van der Waals surface area (Å²) in [4.78, 5) is 33.5. The summed E-state index contributed by atoms with van der Waals surface area (Å²) in [6.45, 7) is 4.19. The highest BCUT2D eigenvalue weighted by Crippen LogP contribution is 2.37. The SMILES string of the molecule is Cc1ccc(C2CCCN2C(=O)C2CCCN(C(=O)c3cccc4ccccc34)C2)s1. The standard InChI is InChI=1S/C26H28N2O2S/c1-18-13-14-24(31-18)23-12-6-16-28(23)25(29)20-9-5-15-27(17-20)26(30)22-11-4-8-19-7-2-3-10-21(19)22/h2-4,7-8,10-11,13-14,20,23H,5-6,9,12,15-17H2,1H3. The fraction of sp³-hybridized carbons (Fsp3) is 0.385. The van der Waals surface area contributed by atoms with Crippen LogP contribution in [0.2, 0.25) is 0 Å². The Kier molecular flexibility index (Phi) is 5.53. The van der Waals surface area contributed by atoms with E-state index in [1.165, 1.54) is 9.75 Å². The van der Waals surface area contributed by atoms with Crippen LogP contribution in [0.5, 0.6) is 0 Å². The molecule has 2 unspecified atom stereocenters. The minimum atomic E-state index is -0.102. The number of nitrogens with zero attached hydrogens (tertiary/aromatic N) is 2. The Bertz CT molecular complexity index is 1120.